The van der Waals surface area contributed by atoms with Crippen LogP contribution in [0.3, 0.4) is 0 Å². The maximum absolute atomic E-state index is 12.0. The highest BCUT2D eigenvalue weighted by atomic mass is 79.9. The summed E-state index contributed by atoms with van der Waals surface area (Å²) in [7, 11) is 0. The average Bonchev–Trinajstić information content (AvgIpc) is 3.19. The van der Waals surface area contributed by atoms with Crippen LogP contribution in [0.1, 0.15) is 29.0 Å². The number of carbonyl (C=O) groups excluding carboxylic acids is 1. The van der Waals surface area contributed by atoms with Gasteiger partial charge in [0.05, 0.1) is 20.7 Å². The smallest absolute Gasteiger partial charge is 0.271 e. The topological polar surface area (TPSA) is 57.8 Å². The van der Waals surface area contributed by atoms with E-state index in [1.54, 1.807) is 12.1 Å². The SMILES string of the molecule is O=C(N/N=C\c1cc(Br)c(N2CCCC2)o1)c1ccc(Cl)c(Cl)c1. The maximum atomic E-state index is 12.0. The van der Waals surface area contributed by atoms with Crippen LogP contribution >= 0.6 is 39.1 Å². The second-order valence-corrected chi connectivity index (χ2v) is 6.99. The van der Waals surface area contributed by atoms with E-state index in [1.807, 2.05) is 6.07 Å². The van der Waals surface area contributed by atoms with E-state index < -0.39 is 0 Å². The predicted molar refractivity (Wildman–Crippen MR) is 99.4 cm³/mol. The van der Waals surface area contributed by atoms with E-state index in [4.69, 9.17) is 27.6 Å². The van der Waals surface area contributed by atoms with Crippen molar-refractivity contribution in [2.45, 2.75) is 12.8 Å². The zero-order chi connectivity index (χ0) is 17.1. The molecule has 0 aliphatic carbocycles. The average molecular weight is 431 g/mol. The van der Waals surface area contributed by atoms with Crippen LogP contribution in [0.5, 0.6) is 0 Å². The van der Waals surface area contributed by atoms with Gasteiger partial charge in [-0.2, -0.15) is 5.10 Å². The summed E-state index contributed by atoms with van der Waals surface area (Å²) in [4.78, 5) is 14.2. The number of hydrazone groups is 1. The molecule has 1 N–H and O–H groups in total. The third-order valence-electron chi connectivity index (χ3n) is 3.62. The summed E-state index contributed by atoms with van der Waals surface area (Å²) in [5.74, 6) is 0.971. The van der Waals surface area contributed by atoms with Gasteiger partial charge in [0.25, 0.3) is 5.91 Å². The first-order valence-electron chi connectivity index (χ1n) is 7.37. The first-order valence-corrected chi connectivity index (χ1v) is 8.92. The molecule has 1 aromatic carbocycles. The number of nitrogens with zero attached hydrogens (tertiary/aromatic N) is 2. The number of amides is 1. The maximum Gasteiger partial charge on any atom is 0.271 e. The van der Waals surface area contributed by atoms with Gasteiger partial charge in [-0.1, -0.05) is 23.2 Å². The summed E-state index contributed by atoms with van der Waals surface area (Å²) in [6.07, 6.45) is 3.78. The third kappa shape index (κ3) is 3.94. The number of hydrogen-bond donors (Lipinski definition) is 1. The third-order valence-corrected chi connectivity index (χ3v) is 4.93. The van der Waals surface area contributed by atoms with E-state index in [1.165, 1.54) is 12.3 Å². The summed E-state index contributed by atoms with van der Waals surface area (Å²) < 4.78 is 6.64. The van der Waals surface area contributed by atoms with Crippen molar-refractivity contribution in [2.24, 2.45) is 5.10 Å². The van der Waals surface area contributed by atoms with Gasteiger partial charge in [0.2, 0.25) is 5.88 Å². The molecule has 0 spiro atoms. The van der Waals surface area contributed by atoms with Gasteiger partial charge in [-0.25, -0.2) is 5.43 Å². The molecule has 0 atom stereocenters. The minimum absolute atomic E-state index is 0.318. The van der Waals surface area contributed by atoms with Crippen LogP contribution in [0.4, 0.5) is 5.88 Å². The molecule has 0 unspecified atom stereocenters. The van der Waals surface area contributed by atoms with Gasteiger partial charge in [0, 0.05) is 24.7 Å². The van der Waals surface area contributed by atoms with Crippen molar-refractivity contribution >= 4 is 57.1 Å². The fraction of sp³-hybridized carbons (Fsp3) is 0.250. The van der Waals surface area contributed by atoms with Gasteiger partial charge in [-0.05, 0) is 47.0 Å². The lowest BCUT2D eigenvalue weighted by Crippen LogP contribution is -2.17. The molecule has 24 heavy (non-hydrogen) atoms. The van der Waals surface area contributed by atoms with Crippen LogP contribution in [-0.2, 0) is 0 Å². The molecule has 1 aliphatic heterocycles. The molecule has 1 fully saturated rings. The molecule has 0 saturated carbocycles. The lowest BCUT2D eigenvalue weighted by atomic mass is 10.2. The van der Waals surface area contributed by atoms with E-state index >= 15 is 0 Å². The van der Waals surface area contributed by atoms with Gasteiger partial charge in [-0.3, -0.25) is 4.79 Å². The summed E-state index contributed by atoms with van der Waals surface area (Å²) in [5.41, 5.74) is 2.81. The molecule has 2 heterocycles. The Balaban J connectivity index is 1.64. The summed E-state index contributed by atoms with van der Waals surface area (Å²) in [5, 5.41) is 4.63. The van der Waals surface area contributed by atoms with E-state index in [2.05, 4.69) is 31.4 Å². The zero-order valence-corrected chi connectivity index (χ0v) is 15.7. The Morgan fingerprint density at radius 3 is 2.71 bits per heavy atom. The quantitative estimate of drug-likeness (QED) is 0.564. The Kier molecular flexibility index (Phi) is 5.48. The molecule has 0 radical (unpaired) electrons. The molecule has 1 amide bonds. The first-order chi connectivity index (χ1) is 11.5. The van der Waals surface area contributed by atoms with Gasteiger partial charge in [0.1, 0.15) is 0 Å². The monoisotopic (exact) mass is 429 g/mol. The Labute approximate surface area is 157 Å². The molecule has 8 heteroatoms. The van der Waals surface area contributed by atoms with Crippen LogP contribution in [0.15, 0.2) is 38.3 Å². The molecular formula is C16H14BrCl2N3O2. The van der Waals surface area contributed by atoms with Gasteiger partial charge < -0.3 is 9.32 Å². The molecule has 126 valence electrons. The van der Waals surface area contributed by atoms with Crippen molar-refractivity contribution in [3.05, 3.63) is 50.1 Å². The van der Waals surface area contributed by atoms with Crippen LogP contribution in [0.25, 0.3) is 0 Å². The first kappa shape index (κ1) is 17.3. The van der Waals surface area contributed by atoms with Crippen LogP contribution < -0.4 is 10.3 Å². The predicted octanol–water partition coefficient (Wildman–Crippen LogP) is 4.71. The molecule has 0 bridgehead atoms. The van der Waals surface area contributed by atoms with Crippen LogP contribution in [0.2, 0.25) is 10.0 Å². The fourth-order valence-corrected chi connectivity index (χ4v) is 3.29. The van der Waals surface area contributed by atoms with Gasteiger partial charge in [-0.15, -0.1) is 0 Å². The zero-order valence-electron chi connectivity index (χ0n) is 12.6. The molecule has 5 nitrogen and oxygen atoms in total. The highest BCUT2D eigenvalue weighted by Crippen LogP contribution is 2.31. The minimum Gasteiger partial charge on any atom is -0.438 e. The lowest BCUT2D eigenvalue weighted by Gasteiger charge is -2.13. The summed E-state index contributed by atoms with van der Waals surface area (Å²) in [6.45, 7) is 1.97. The molecule has 1 aliphatic rings. The van der Waals surface area contributed by atoms with E-state index in [0.29, 0.717) is 21.4 Å². The highest BCUT2D eigenvalue weighted by molar-refractivity contribution is 9.10. The number of halogens is 3. The van der Waals surface area contributed by atoms with Crippen molar-refractivity contribution in [1.82, 2.24) is 5.43 Å². The number of rotatable bonds is 4. The number of benzene rings is 1. The Bertz CT molecular complexity index is 786. The second kappa shape index (κ2) is 7.59. The molecule has 3 rings (SSSR count). The van der Waals surface area contributed by atoms with E-state index in [-0.39, 0.29) is 5.91 Å². The van der Waals surface area contributed by atoms with Gasteiger partial charge >= 0.3 is 0 Å². The number of hydrogen-bond acceptors (Lipinski definition) is 4. The lowest BCUT2D eigenvalue weighted by molar-refractivity contribution is 0.0955. The molecule has 1 saturated heterocycles. The summed E-state index contributed by atoms with van der Waals surface area (Å²) >= 11 is 15.2. The van der Waals surface area contributed by atoms with Crippen molar-refractivity contribution in [1.29, 1.82) is 0 Å². The van der Waals surface area contributed by atoms with Gasteiger partial charge in [0.15, 0.2) is 5.76 Å². The number of furan rings is 1. The molecule has 1 aromatic heterocycles. The van der Waals surface area contributed by atoms with Crippen molar-refractivity contribution < 1.29 is 9.21 Å². The van der Waals surface area contributed by atoms with Crippen molar-refractivity contribution in [2.75, 3.05) is 18.0 Å². The normalized spacial score (nSPS) is 14.5. The van der Waals surface area contributed by atoms with Crippen molar-refractivity contribution in [3.8, 4) is 0 Å². The largest absolute Gasteiger partial charge is 0.438 e. The number of anilines is 1. The van der Waals surface area contributed by atoms with Crippen molar-refractivity contribution in [3.63, 3.8) is 0 Å². The number of carbonyl (C=O) groups is 1. The van der Waals surface area contributed by atoms with E-state index in [9.17, 15) is 4.79 Å². The Morgan fingerprint density at radius 1 is 1.25 bits per heavy atom. The molecule has 2 aromatic rings. The fourth-order valence-electron chi connectivity index (χ4n) is 2.43. The van der Waals surface area contributed by atoms with Crippen LogP contribution in [0, 0.1) is 0 Å². The Hall–Kier alpha value is -1.50. The summed E-state index contributed by atoms with van der Waals surface area (Å²) in [6, 6.07) is 6.45. The van der Waals surface area contributed by atoms with Crippen LogP contribution in [-0.4, -0.2) is 25.2 Å². The minimum atomic E-state index is -0.379. The molecular weight excluding hydrogens is 417 g/mol. The number of nitrogens with one attached hydrogen (secondary N) is 1. The highest BCUT2D eigenvalue weighted by Gasteiger charge is 2.19. The Morgan fingerprint density at radius 2 is 2.00 bits per heavy atom. The second-order valence-electron chi connectivity index (χ2n) is 5.32. The van der Waals surface area contributed by atoms with E-state index in [0.717, 1.165) is 36.3 Å². The standard InChI is InChI=1S/C16H14BrCl2N3O2/c17-12-8-11(24-16(12)22-5-1-2-6-22)9-20-21-15(23)10-3-4-13(18)14(19)7-10/h3-4,7-9H,1-2,5-6H2,(H,21,23)/b20-9-.